The molecule has 130 valence electrons. The molecule has 1 aromatic carbocycles. The van der Waals surface area contributed by atoms with E-state index in [2.05, 4.69) is 41.1 Å². The van der Waals surface area contributed by atoms with Crippen molar-refractivity contribution in [3.8, 4) is 11.3 Å². The Hall–Kier alpha value is -1.74. The molecule has 0 atom stereocenters. The highest BCUT2D eigenvalue weighted by Gasteiger charge is 2.28. The Morgan fingerprint density at radius 1 is 0.960 bits per heavy atom. The summed E-state index contributed by atoms with van der Waals surface area (Å²) in [5.41, 5.74) is 4.00. The smallest absolute Gasteiger partial charge is 0.365 e. The Balaban J connectivity index is 0.000000324. The van der Waals surface area contributed by atoms with Crippen LogP contribution in [0.3, 0.4) is 0 Å². The van der Waals surface area contributed by atoms with Crippen molar-refractivity contribution in [1.29, 1.82) is 0 Å². The van der Waals surface area contributed by atoms with Gasteiger partial charge in [-0.25, -0.2) is 23.1 Å². The lowest BCUT2D eigenvalue weighted by atomic mass is 10.1. The Morgan fingerprint density at radius 2 is 1.64 bits per heavy atom. The van der Waals surface area contributed by atoms with Crippen LogP contribution in [0.15, 0.2) is 49.7 Å². The van der Waals surface area contributed by atoms with Gasteiger partial charge in [0.25, 0.3) is 0 Å². The van der Waals surface area contributed by atoms with Gasteiger partial charge in [0.05, 0.1) is 0 Å². The minimum absolute atomic E-state index is 0.852. The van der Waals surface area contributed by atoms with Crippen LogP contribution >= 0.6 is 15.9 Å². The largest absolute Gasteiger partial charge is 0.460 e. The third-order valence-corrected chi connectivity index (χ3v) is 4.16. The van der Waals surface area contributed by atoms with Crippen molar-refractivity contribution in [2.75, 3.05) is 0 Å². The summed E-state index contributed by atoms with van der Waals surface area (Å²) in [4.78, 5) is 0. The third-order valence-electron chi connectivity index (χ3n) is 3.67. The first-order chi connectivity index (χ1) is 11.6. The van der Waals surface area contributed by atoms with E-state index in [9.17, 15) is 0 Å². The molecule has 1 aromatic heterocycles. The maximum atomic E-state index is 8.49. The highest BCUT2D eigenvalue weighted by atomic mass is 79.9. The topological polar surface area (TPSA) is 117 Å². The average Bonchev–Trinajstić information content (AvgIpc) is 2.99. The minimum Gasteiger partial charge on any atom is -0.460 e. The molecule has 0 spiro atoms. The molecule has 4 rings (SSSR count). The molecular weight excluding hydrogens is 416 g/mol. The summed E-state index contributed by atoms with van der Waals surface area (Å²) >= 11 is 3.53. The van der Waals surface area contributed by atoms with Crippen LogP contribution in [0.25, 0.3) is 33.3 Å². The zero-order valence-corrected chi connectivity index (χ0v) is 15.5. The van der Waals surface area contributed by atoms with Gasteiger partial charge in [0.1, 0.15) is 16.7 Å². The fourth-order valence-electron chi connectivity index (χ4n) is 2.72. The van der Waals surface area contributed by atoms with Crippen molar-refractivity contribution in [2.45, 2.75) is 13.8 Å². The first kappa shape index (κ1) is 18.1. The van der Waals surface area contributed by atoms with Crippen molar-refractivity contribution in [1.82, 2.24) is 0 Å². The molecule has 0 radical (unpaired) electrons. The molecule has 0 saturated carbocycles. The van der Waals surface area contributed by atoms with Gasteiger partial charge < -0.3 is 4.42 Å². The quantitative estimate of drug-likeness (QED) is 0.389. The average molecular weight is 428 g/mol. The van der Waals surface area contributed by atoms with Gasteiger partial charge >= 0.3 is 11.3 Å². The van der Waals surface area contributed by atoms with E-state index in [-0.39, 0.29) is 0 Å². The molecule has 2 heterocycles. The Kier molecular flexibility index (Phi) is 4.72. The summed E-state index contributed by atoms with van der Waals surface area (Å²) in [7, 11) is -4.94. The van der Waals surface area contributed by atoms with Crippen molar-refractivity contribution < 1.29 is 37.7 Å². The van der Waals surface area contributed by atoms with Crippen LogP contribution in [0.5, 0.6) is 0 Å². The fourth-order valence-corrected chi connectivity index (χ4v) is 3.08. The molecule has 8 heteroatoms. The van der Waals surface area contributed by atoms with Gasteiger partial charge in [0, 0.05) is 22.0 Å². The molecular formula is C17H12BrClO6. The molecule has 2 aliphatic rings. The lowest BCUT2D eigenvalue weighted by molar-refractivity contribution is -2.00. The molecule has 0 fully saturated rings. The van der Waals surface area contributed by atoms with Crippen LogP contribution in [0.1, 0.15) is 11.3 Å². The summed E-state index contributed by atoms with van der Waals surface area (Å²) < 4.78 is 46.9. The van der Waals surface area contributed by atoms with Crippen LogP contribution in [-0.2, 0) is 0 Å². The zero-order chi connectivity index (χ0) is 18.4. The number of fused-ring (bicyclic) bond motifs is 5. The van der Waals surface area contributed by atoms with E-state index in [0.29, 0.717) is 0 Å². The van der Waals surface area contributed by atoms with Gasteiger partial charge in [-0.15, -0.1) is 10.2 Å². The third kappa shape index (κ3) is 3.92. The number of benzene rings is 1. The van der Waals surface area contributed by atoms with Gasteiger partial charge in [0.15, 0.2) is 5.58 Å². The van der Waals surface area contributed by atoms with E-state index in [1.807, 2.05) is 25.1 Å². The Labute approximate surface area is 153 Å². The number of aryl methyl sites for hydroxylation is 2. The zero-order valence-electron chi connectivity index (χ0n) is 13.2. The lowest BCUT2D eigenvalue weighted by Crippen LogP contribution is -2.68. The molecule has 25 heavy (non-hydrogen) atoms. The van der Waals surface area contributed by atoms with E-state index in [1.165, 1.54) is 5.56 Å². The van der Waals surface area contributed by atoms with Gasteiger partial charge in [0.2, 0.25) is 0 Å². The van der Waals surface area contributed by atoms with Crippen molar-refractivity contribution >= 4 is 37.9 Å². The SMILES string of the molecule is Cc1cc2c(C)ccc3[o+]c4ccc(Br)cc4c-3c2o1.[O-][Cl+3]([O-])([O-])[O-]. The van der Waals surface area contributed by atoms with Crippen LogP contribution < -0.4 is 18.6 Å². The summed E-state index contributed by atoms with van der Waals surface area (Å²) in [6.45, 7) is 4.07. The Morgan fingerprint density at radius 3 is 2.32 bits per heavy atom. The monoisotopic (exact) mass is 426 g/mol. The van der Waals surface area contributed by atoms with Crippen LogP contribution in [0, 0.1) is 24.1 Å². The number of hydrogen-bond donors (Lipinski definition) is 0. The van der Waals surface area contributed by atoms with Gasteiger partial charge in [-0.3, -0.25) is 0 Å². The minimum atomic E-state index is -4.94. The molecule has 1 aliphatic carbocycles. The molecule has 2 aromatic rings. The van der Waals surface area contributed by atoms with Crippen LogP contribution in [0.2, 0.25) is 0 Å². The van der Waals surface area contributed by atoms with E-state index < -0.39 is 10.2 Å². The molecule has 0 saturated heterocycles. The molecule has 0 amide bonds. The second kappa shape index (κ2) is 6.53. The first-order valence-electron chi connectivity index (χ1n) is 7.10. The summed E-state index contributed by atoms with van der Waals surface area (Å²) in [5, 5.41) is 2.21. The van der Waals surface area contributed by atoms with Crippen LogP contribution in [0.4, 0.5) is 0 Å². The number of rotatable bonds is 0. The number of hydrogen-bond acceptors (Lipinski definition) is 5. The van der Waals surface area contributed by atoms with Gasteiger partial charge in [-0.1, -0.05) is 15.9 Å². The Bertz CT molecular complexity index is 1030. The second-order valence-electron chi connectivity index (χ2n) is 5.48. The maximum absolute atomic E-state index is 8.49. The standard InChI is InChI=1S/C17H12BrO2.ClHO4/c1-9-3-5-15-16(17-12(9)7-10(2)19-17)13-8-11(18)4-6-14(13)20-15;2-1(3,4)5/h3-8H,1-2H3;(H,2,3,4,5)/q+1;/p-1. The molecule has 6 nitrogen and oxygen atoms in total. The lowest BCUT2D eigenvalue weighted by Gasteiger charge is -2.17. The van der Waals surface area contributed by atoms with Gasteiger partial charge in [-0.2, -0.15) is 0 Å². The predicted octanol–water partition coefficient (Wildman–Crippen LogP) is 1.19. The normalized spacial score (nSPS) is 11.8. The molecule has 0 unspecified atom stereocenters. The summed E-state index contributed by atoms with van der Waals surface area (Å²) in [5.74, 6) is 1.77. The molecule has 0 N–H and O–H groups in total. The molecule has 1 aliphatic heterocycles. The predicted molar refractivity (Wildman–Crippen MR) is 84.2 cm³/mol. The van der Waals surface area contributed by atoms with E-state index >= 15 is 0 Å². The van der Waals surface area contributed by atoms with E-state index in [0.717, 1.165) is 43.5 Å². The number of furan rings is 2. The maximum Gasteiger partial charge on any atom is 0.365 e. The van der Waals surface area contributed by atoms with E-state index in [4.69, 9.17) is 27.5 Å². The van der Waals surface area contributed by atoms with Crippen molar-refractivity contribution in [3.05, 3.63) is 52.2 Å². The van der Waals surface area contributed by atoms with E-state index in [1.54, 1.807) is 0 Å². The van der Waals surface area contributed by atoms with Gasteiger partial charge in [-0.05, 0) is 43.7 Å². The van der Waals surface area contributed by atoms with Crippen molar-refractivity contribution in [2.24, 2.45) is 0 Å². The number of halogens is 2. The summed E-state index contributed by atoms with van der Waals surface area (Å²) in [6, 6.07) is 12.2. The van der Waals surface area contributed by atoms with Crippen molar-refractivity contribution in [3.63, 3.8) is 0 Å². The second-order valence-corrected chi connectivity index (χ2v) is 7.15. The fraction of sp³-hybridized carbons (Fsp3) is 0.118. The summed E-state index contributed by atoms with van der Waals surface area (Å²) in [6.07, 6.45) is 0. The molecule has 0 bridgehead atoms. The highest BCUT2D eigenvalue weighted by Crippen LogP contribution is 2.41. The first-order valence-corrected chi connectivity index (χ1v) is 9.13. The highest BCUT2D eigenvalue weighted by molar-refractivity contribution is 9.10. The van der Waals surface area contributed by atoms with Crippen LogP contribution in [-0.4, -0.2) is 0 Å².